The van der Waals surface area contributed by atoms with Crippen molar-refractivity contribution in [1.82, 2.24) is 0 Å². The molecule has 0 unspecified atom stereocenters. The molecule has 132 valence electrons. The predicted molar refractivity (Wildman–Crippen MR) is 93.8 cm³/mol. The van der Waals surface area contributed by atoms with Gasteiger partial charge in [0.1, 0.15) is 12.4 Å². The monoisotopic (exact) mass is 342 g/mol. The maximum atomic E-state index is 14.4. The predicted octanol–water partition coefficient (Wildman–Crippen LogP) is 4.40. The SMILES string of the molecule is O=C(CCc1ccc(C2CCOCC2)c(F)c1)OCc1ccccc1. The van der Waals surface area contributed by atoms with Gasteiger partial charge in [-0.2, -0.15) is 0 Å². The van der Waals surface area contributed by atoms with Crippen molar-refractivity contribution in [2.45, 2.75) is 38.2 Å². The van der Waals surface area contributed by atoms with Gasteiger partial charge in [0.15, 0.2) is 0 Å². The van der Waals surface area contributed by atoms with Gasteiger partial charge in [-0.3, -0.25) is 4.79 Å². The van der Waals surface area contributed by atoms with E-state index in [0.717, 1.165) is 29.5 Å². The lowest BCUT2D eigenvalue weighted by atomic mass is 9.90. The number of ether oxygens (including phenoxy) is 2. The fourth-order valence-electron chi connectivity index (χ4n) is 3.12. The Balaban J connectivity index is 1.49. The van der Waals surface area contributed by atoms with Crippen molar-refractivity contribution in [2.24, 2.45) is 0 Å². The Morgan fingerprint density at radius 2 is 1.84 bits per heavy atom. The Labute approximate surface area is 147 Å². The molecular weight excluding hydrogens is 319 g/mol. The second-order valence-corrected chi connectivity index (χ2v) is 6.39. The summed E-state index contributed by atoms with van der Waals surface area (Å²) in [7, 11) is 0. The lowest BCUT2D eigenvalue weighted by molar-refractivity contribution is -0.144. The van der Waals surface area contributed by atoms with Crippen molar-refractivity contribution >= 4 is 5.97 Å². The number of halogens is 1. The number of esters is 1. The summed E-state index contributed by atoms with van der Waals surface area (Å²) in [6.07, 6.45) is 2.46. The number of rotatable bonds is 6. The average molecular weight is 342 g/mol. The van der Waals surface area contributed by atoms with E-state index in [2.05, 4.69) is 0 Å². The summed E-state index contributed by atoms with van der Waals surface area (Å²) in [5.74, 6) is -0.210. The van der Waals surface area contributed by atoms with Gasteiger partial charge in [-0.25, -0.2) is 4.39 Å². The quantitative estimate of drug-likeness (QED) is 0.730. The number of carbonyl (C=O) groups is 1. The average Bonchev–Trinajstić information content (AvgIpc) is 2.66. The third kappa shape index (κ3) is 5.13. The van der Waals surface area contributed by atoms with Crippen molar-refractivity contribution in [3.8, 4) is 0 Å². The first kappa shape index (κ1) is 17.6. The van der Waals surface area contributed by atoms with E-state index in [1.165, 1.54) is 0 Å². The molecule has 0 bridgehead atoms. The largest absolute Gasteiger partial charge is 0.461 e. The molecule has 2 aromatic rings. The Morgan fingerprint density at radius 1 is 1.08 bits per heavy atom. The minimum absolute atomic E-state index is 0.179. The molecule has 1 aliphatic rings. The molecule has 1 heterocycles. The van der Waals surface area contributed by atoms with Crippen LogP contribution in [0.1, 0.15) is 41.9 Å². The van der Waals surface area contributed by atoms with Crippen LogP contribution in [-0.2, 0) is 27.3 Å². The molecular formula is C21H23FO3. The van der Waals surface area contributed by atoms with Crippen LogP contribution in [0.25, 0.3) is 0 Å². The highest BCUT2D eigenvalue weighted by molar-refractivity contribution is 5.69. The number of hydrogen-bond acceptors (Lipinski definition) is 3. The summed E-state index contributed by atoms with van der Waals surface area (Å²) < 4.78 is 25.0. The van der Waals surface area contributed by atoms with Crippen LogP contribution in [0, 0.1) is 5.82 Å². The second kappa shape index (κ2) is 8.77. The second-order valence-electron chi connectivity index (χ2n) is 6.39. The third-order valence-electron chi connectivity index (χ3n) is 4.59. The highest BCUT2D eigenvalue weighted by Gasteiger charge is 2.19. The summed E-state index contributed by atoms with van der Waals surface area (Å²) in [4.78, 5) is 11.9. The van der Waals surface area contributed by atoms with Gasteiger partial charge in [0.25, 0.3) is 0 Å². The van der Waals surface area contributed by atoms with E-state index in [4.69, 9.17) is 9.47 Å². The van der Waals surface area contributed by atoms with E-state index in [9.17, 15) is 9.18 Å². The zero-order valence-electron chi connectivity index (χ0n) is 14.2. The first-order valence-electron chi connectivity index (χ1n) is 8.78. The molecule has 4 heteroatoms. The van der Waals surface area contributed by atoms with Crippen LogP contribution in [0.5, 0.6) is 0 Å². The first-order valence-corrected chi connectivity index (χ1v) is 8.78. The number of benzene rings is 2. The van der Waals surface area contributed by atoms with Gasteiger partial charge >= 0.3 is 5.97 Å². The van der Waals surface area contributed by atoms with Crippen LogP contribution in [0.15, 0.2) is 48.5 Å². The lowest BCUT2D eigenvalue weighted by Gasteiger charge is -2.23. The van der Waals surface area contributed by atoms with Crippen LogP contribution in [0.2, 0.25) is 0 Å². The van der Waals surface area contributed by atoms with Gasteiger partial charge in [-0.1, -0.05) is 42.5 Å². The summed E-state index contributed by atoms with van der Waals surface area (Å²) in [5.41, 5.74) is 2.55. The van der Waals surface area contributed by atoms with Crippen LogP contribution in [0.3, 0.4) is 0 Å². The van der Waals surface area contributed by atoms with E-state index in [1.807, 2.05) is 42.5 Å². The molecule has 0 atom stereocenters. The molecule has 0 radical (unpaired) electrons. The molecule has 0 N–H and O–H groups in total. The molecule has 0 aromatic heterocycles. The number of hydrogen-bond donors (Lipinski definition) is 0. The van der Waals surface area contributed by atoms with Crippen molar-refractivity contribution < 1.29 is 18.7 Å². The van der Waals surface area contributed by atoms with E-state index in [0.29, 0.717) is 19.6 Å². The lowest BCUT2D eigenvalue weighted by Crippen LogP contribution is -2.15. The Hall–Kier alpha value is -2.20. The van der Waals surface area contributed by atoms with Gasteiger partial charge in [-0.05, 0) is 47.9 Å². The van der Waals surface area contributed by atoms with E-state index in [1.54, 1.807) is 6.07 Å². The molecule has 0 amide bonds. The van der Waals surface area contributed by atoms with Crippen LogP contribution < -0.4 is 0 Å². The summed E-state index contributed by atoms with van der Waals surface area (Å²) in [6, 6.07) is 14.9. The molecule has 1 aliphatic heterocycles. The smallest absolute Gasteiger partial charge is 0.306 e. The highest BCUT2D eigenvalue weighted by atomic mass is 19.1. The molecule has 0 spiro atoms. The fraction of sp³-hybridized carbons (Fsp3) is 0.381. The fourth-order valence-corrected chi connectivity index (χ4v) is 3.12. The zero-order chi connectivity index (χ0) is 17.5. The van der Waals surface area contributed by atoms with E-state index < -0.39 is 0 Å². The summed E-state index contributed by atoms with van der Waals surface area (Å²) in [5, 5.41) is 0. The van der Waals surface area contributed by atoms with Crippen LogP contribution in [0.4, 0.5) is 4.39 Å². The Bertz CT molecular complexity index is 694. The highest BCUT2D eigenvalue weighted by Crippen LogP contribution is 2.29. The normalized spacial score (nSPS) is 15.1. The zero-order valence-corrected chi connectivity index (χ0v) is 14.2. The number of carbonyl (C=O) groups excluding carboxylic acids is 1. The topological polar surface area (TPSA) is 35.5 Å². The minimum Gasteiger partial charge on any atom is -0.461 e. The first-order chi connectivity index (χ1) is 12.2. The molecule has 1 fully saturated rings. The third-order valence-corrected chi connectivity index (χ3v) is 4.59. The molecule has 25 heavy (non-hydrogen) atoms. The standard InChI is InChI=1S/C21H23FO3/c22-20-14-16(6-8-19(20)18-10-12-24-13-11-18)7-9-21(23)25-15-17-4-2-1-3-5-17/h1-6,8,14,18H,7,9-13,15H2. The molecule has 2 aromatic carbocycles. The van der Waals surface area contributed by atoms with E-state index in [-0.39, 0.29) is 30.7 Å². The van der Waals surface area contributed by atoms with Crippen molar-refractivity contribution in [3.05, 3.63) is 71.0 Å². The minimum atomic E-state index is -0.266. The molecule has 1 saturated heterocycles. The maximum Gasteiger partial charge on any atom is 0.306 e. The van der Waals surface area contributed by atoms with Crippen LogP contribution >= 0.6 is 0 Å². The summed E-state index contributed by atoms with van der Waals surface area (Å²) in [6.45, 7) is 1.66. The maximum absolute atomic E-state index is 14.4. The Morgan fingerprint density at radius 3 is 2.56 bits per heavy atom. The van der Waals surface area contributed by atoms with E-state index >= 15 is 0 Å². The molecule has 0 saturated carbocycles. The molecule has 0 aliphatic carbocycles. The summed E-state index contributed by atoms with van der Waals surface area (Å²) >= 11 is 0. The van der Waals surface area contributed by atoms with Gasteiger partial charge in [0, 0.05) is 19.6 Å². The Kier molecular flexibility index (Phi) is 6.18. The van der Waals surface area contributed by atoms with Gasteiger partial charge < -0.3 is 9.47 Å². The van der Waals surface area contributed by atoms with Crippen LogP contribution in [-0.4, -0.2) is 19.2 Å². The van der Waals surface area contributed by atoms with Gasteiger partial charge in [-0.15, -0.1) is 0 Å². The van der Waals surface area contributed by atoms with Crippen molar-refractivity contribution in [2.75, 3.05) is 13.2 Å². The molecule has 3 nitrogen and oxygen atoms in total. The molecule has 3 rings (SSSR count). The van der Waals surface area contributed by atoms with Crippen molar-refractivity contribution in [3.63, 3.8) is 0 Å². The number of aryl methyl sites for hydroxylation is 1. The van der Waals surface area contributed by atoms with Gasteiger partial charge in [0.2, 0.25) is 0 Å². The van der Waals surface area contributed by atoms with Gasteiger partial charge in [0.05, 0.1) is 0 Å². The van der Waals surface area contributed by atoms with Crippen molar-refractivity contribution in [1.29, 1.82) is 0 Å².